The van der Waals surface area contributed by atoms with E-state index >= 15 is 0 Å². The zero-order valence-electron chi connectivity index (χ0n) is 13.2. The minimum atomic E-state index is -0.0350. The van der Waals surface area contributed by atoms with Crippen LogP contribution in [0.5, 0.6) is 0 Å². The Morgan fingerprint density at radius 1 is 1.43 bits per heavy atom. The van der Waals surface area contributed by atoms with E-state index < -0.39 is 0 Å². The molecule has 2 aliphatic heterocycles. The van der Waals surface area contributed by atoms with Crippen LogP contribution in [0.1, 0.15) is 30.7 Å². The third kappa shape index (κ3) is 2.55. The molecular weight excluding hydrogens is 310 g/mol. The van der Waals surface area contributed by atoms with Crippen molar-refractivity contribution in [1.82, 2.24) is 19.7 Å². The van der Waals surface area contributed by atoms with E-state index in [9.17, 15) is 4.79 Å². The van der Waals surface area contributed by atoms with Gasteiger partial charge in [0.05, 0.1) is 17.4 Å². The molecule has 2 amide bonds. The molecule has 1 N–H and O–H groups in total. The molecule has 23 heavy (non-hydrogen) atoms. The van der Waals surface area contributed by atoms with Crippen LogP contribution >= 0.6 is 11.3 Å². The Morgan fingerprint density at radius 2 is 2.30 bits per heavy atom. The standard InChI is InChI=1S/C16H19N5OS/c1-10-9-23-15(18-10)19-16(22)21-12-3-4-13(21)8-11(7-12)14-5-6-17-20(14)2/h5-7,9,12-13H,3-4,8H2,1-2H3,(H,18,19,22). The maximum Gasteiger partial charge on any atom is 0.324 e. The first kappa shape index (κ1) is 14.4. The average Bonchev–Trinajstić information content (AvgIpc) is 3.18. The minimum absolute atomic E-state index is 0.0350. The van der Waals surface area contributed by atoms with Crippen molar-refractivity contribution in [2.45, 2.75) is 38.3 Å². The molecule has 4 heterocycles. The average molecular weight is 329 g/mol. The van der Waals surface area contributed by atoms with Crippen LogP contribution in [0.4, 0.5) is 9.93 Å². The topological polar surface area (TPSA) is 63.1 Å². The first-order chi connectivity index (χ1) is 11.1. The number of carbonyl (C=O) groups excluding carboxylic acids is 1. The van der Waals surface area contributed by atoms with E-state index in [1.165, 1.54) is 16.9 Å². The number of hydrogen-bond acceptors (Lipinski definition) is 4. The highest BCUT2D eigenvalue weighted by molar-refractivity contribution is 7.13. The number of anilines is 1. The maximum atomic E-state index is 12.6. The van der Waals surface area contributed by atoms with Gasteiger partial charge >= 0.3 is 6.03 Å². The SMILES string of the molecule is Cc1csc(NC(=O)N2C3C=C(c4ccnn4C)CC2CC3)n1. The van der Waals surface area contributed by atoms with Crippen LogP contribution in [-0.4, -0.2) is 37.8 Å². The lowest BCUT2D eigenvalue weighted by atomic mass is 9.99. The molecule has 2 atom stereocenters. The molecule has 2 unspecified atom stereocenters. The fourth-order valence-electron chi connectivity index (χ4n) is 3.59. The van der Waals surface area contributed by atoms with Gasteiger partial charge in [0.1, 0.15) is 0 Å². The Labute approximate surface area is 138 Å². The van der Waals surface area contributed by atoms with Crippen molar-refractivity contribution in [3.8, 4) is 0 Å². The molecule has 0 saturated carbocycles. The fraction of sp³-hybridized carbons (Fsp3) is 0.438. The van der Waals surface area contributed by atoms with Crippen molar-refractivity contribution in [3.63, 3.8) is 0 Å². The second kappa shape index (κ2) is 5.49. The van der Waals surface area contributed by atoms with Gasteiger partial charge in [-0.2, -0.15) is 5.10 Å². The molecule has 0 aromatic carbocycles. The molecule has 1 fully saturated rings. The molecule has 4 rings (SSSR count). The largest absolute Gasteiger partial charge is 0.324 e. The highest BCUT2D eigenvalue weighted by Gasteiger charge is 2.40. The number of amides is 2. The fourth-order valence-corrected chi connectivity index (χ4v) is 4.27. The molecular formula is C16H19N5OS. The summed E-state index contributed by atoms with van der Waals surface area (Å²) in [4.78, 5) is 18.9. The molecule has 0 spiro atoms. The first-order valence-electron chi connectivity index (χ1n) is 7.82. The lowest BCUT2D eigenvalue weighted by Gasteiger charge is -2.33. The van der Waals surface area contributed by atoms with Gasteiger partial charge in [0.2, 0.25) is 0 Å². The second-order valence-corrected chi connectivity index (χ2v) is 7.02. The Hall–Kier alpha value is -2.15. The summed E-state index contributed by atoms with van der Waals surface area (Å²) >= 11 is 1.47. The molecule has 2 bridgehead atoms. The summed E-state index contributed by atoms with van der Waals surface area (Å²) in [5.41, 5.74) is 3.38. The molecule has 1 saturated heterocycles. The Balaban J connectivity index is 1.54. The number of nitrogens with one attached hydrogen (secondary N) is 1. The summed E-state index contributed by atoms with van der Waals surface area (Å²) in [6.07, 6.45) is 7.01. The molecule has 0 aliphatic carbocycles. The Morgan fingerprint density at radius 3 is 2.96 bits per heavy atom. The number of urea groups is 1. The van der Waals surface area contributed by atoms with Crippen molar-refractivity contribution in [3.05, 3.63) is 35.1 Å². The number of nitrogens with zero attached hydrogens (tertiary/aromatic N) is 4. The van der Waals surface area contributed by atoms with Crippen molar-refractivity contribution in [2.75, 3.05) is 5.32 Å². The van der Waals surface area contributed by atoms with E-state index in [-0.39, 0.29) is 18.1 Å². The van der Waals surface area contributed by atoms with Gasteiger partial charge in [-0.1, -0.05) is 6.08 Å². The van der Waals surface area contributed by atoms with Gasteiger partial charge in [-0.25, -0.2) is 9.78 Å². The van der Waals surface area contributed by atoms with Crippen molar-refractivity contribution < 1.29 is 4.79 Å². The van der Waals surface area contributed by atoms with Gasteiger partial charge in [-0.05, 0) is 37.8 Å². The summed E-state index contributed by atoms with van der Waals surface area (Å²) in [6.45, 7) is 1.93. The summed E-state index contributed by atoms with van der Waals surface area (Å²) in [5, 5.41) is 9.81. The van der Waals surface area contributed by atoms with Crippen molar-refractivity contribution >= 4 is 28.1 Å². The van der Waals surface area contributed by atoms with E-state index in [0.29, 0.717) is 5.13 Å². The van der Waals surface area contributed by atoms with Gasteiger partial charge in [0.25, 0.3) is 0 Å². The van der Waals surface area contributed by atoms with E-state index in [4.69, 9.17) is 0 Å². The third-order valence-electron chi connectivity index (χ3n) is 4.61. The lowest BCUT2D eigenvalue weighted by Crippen LogP contribution is -2.45. The van der Waals surface area contributed by atoms with Gasteiger partial charge < -0.3 is 4.90 Å². The normalized spacial score (nSPS) is 23.0. The molecule has 0 radical (unpaired) electrons. The van der Waals surface area contributed by atoms with E-state index in [1.807, 2.05) is 41.2 Å². The van der Waals surface area contributed by atoms with Crippen LogP contribution in [0.2, 0.25) is 0 Å². The smallest absolute Gasteiger partial charge is 0.315 e. The van der Waals surface area contributed by atoms with Crippen LogP contribution in [-0.2, 0) is 7.05 Å². The molecule has 6 nitrogen and oxygen atoms in total. The molecule has 2 aromatic heterocycles. The van der Waals surface area contributed by atoms with Crippen molar-refractivity contribution in [1.29, 1.82) is 0 Å². The van der Waals surface area contributed by atoms with Gasteiger partial charge in [0.15, 0.2) is 5.13 Å². The van der Waals surface area contributed by atoms with E-state index in [2.05, 4.69) is 21.5 Å². The Kier molecular flexibility index (Phi) is 3.45. The van der Waals surface area contributed by atoms with Crippen LogP contribution in [0.15, 0.2) is 23.7 Å². The number of aryl methyl sites for hydroxylation is 2. The van der Waals surface area contributed by atoms with E-state index in [1.54, 1.807) is 0 Å². The lowest BCUT2D eigenvalue weighted by molar-refractivity contribution is 0.193. The predicted octanol–water partition coefficient (Wildman–Crippen LogP) is 3.04. The van der Waals surface area contributed by atoms with Gasteiger partial charge in [0, 0.05) is 24.7 Å². The zero-order valence-corrected chi connectivity index (χ0v) is 14.0. The molecule has 2 aliphatic rings. The molecule has 2 aromatic rings. The van der Waals surface area contributed by atoms with Crippen LogP contribution in [0.3, 0.4) is 0 Å². The highest BCUT2D eigenvalue weighted by Crippen LogP contribution is 2.38. The second-order valence-electron chi connectivity index (χ2n) is 6.17. The van der Waals surface area contributed by atoms with Crippen LogP contribution in [0, 0.1) is 6.92 Å². The maximum absolute atomic E-state index is 12.6. The quantitative estimate of drug-likeness (QED) is 0.921. The monoisotopic (exact) mass is 329 g/mol. The summed E-state index contributed by atoms with van der Waals surface area (Å²) in [7, 11) is 1.96. The van der Waals surface area contributed by atoms with Crippen molar-refractivity contribution in [2.24, 2.45) is 7.05 Å². The molecule has 7 heteroatoms. The van der Waals surface area contributed by atoms with Crippen LogP contribution in [0.25, 0.3) is 5.57 Å². The first-order valence-corrected chi connectivity index (χ1v) is 8.70. The number of fused-ring (bicyclic) bond motifs is 2. The predicted molar refractivity (Wildman–Crippen MR) is 90.3 cm³/mol. The van der Waals surface area contributed by atoms with Crippen LogP contribution < -0.4 is 5.32 Å². The number of thiazole rings is 1. The number of rotatable bonds is 2. The minimum Gasteiger partial charge on any atom is -0.315 e. The third-order valence-corrected chi connectivity index (χ3v) is 5.49. The number of carbonyl (C=O) groups is 1. The van der Waals surface area contributed by atoms with Gasteiger partial charge in [-0.15, -0.1) is 11.3 Å². The zero-order chi connectivity index (χ0) is 16.0. The highest BCUT2D eigenvalue weighted by atomic mass is 32.1. The Bertz CT molecular complexity index is 777. The number of aromatic nitrogens is 3. The van der Waals surface area contributed by atoms with Gasteiger partial charge in [-0.3, -0.25) is 10.00 Å². The summed E-state index contributed by atoms with van der Waals surface area (Å²) in [5.74, 6) is 0. The van der Waals surface area contributed by atoms with E-state index in [0.717, 1.165) is 30.7 Å². The molecule has 120 valence electrons. The number of hydrogen-bond donors (Lipinski definition) is 1. The summed E-state index contributed by atoms with van der Waals surface area (Å²) < 4.78 is 1.90. The summed E-state index contributed by atoms with van der Waals surface area (Å²) in [6, 6.07) is 2.43.